The van der Waals surface area contributed by atoms with Gasteiger partial charge in [0.2, 0.25) is 5.91 Å². The van der Waals surface area contributed by atoms with Gasteiger partial charge in [0.15, 0.2) is 12.2 Å². The molecule has 1 aromatic heterocycles. The Morgan fingerprint density at radius 1 is 0.822 bits per heavy atom. The van der Waals surface area contributed by atoms with Gasteiger partial charge in [-0.15, -0.1) is 23.1 Å². The molecule has 2 aliphatic rings. The van der Waals surface area contributed by atoms with Crippen molar-refractivity contribution < 1.29 is 28.7 Å². The molecule has 1 saturated heterocycles. The molecule has 1 unspecified atom stereocenters. The summed E-state index contributed by atoms with van der Waals surface area (Å²) >= 11 is 2.87. The second-order valence-corrected chi connectivity index (χ2v) is 12.7. The predicted molar refractivity (Wildman–Crippen MR) is 172 cm³/mol. The molecule has 0 radical (unpaired) electrons. The zero-order valence-corrected chi connectivity index (χ0v) is 26.0. The Morgan fingerprint density at radius 3 is 1.93 bits per heavy atom. The van der Waals surface area contributed by atoms with E-state index >= 15 is 0 Å². The van der Waals surface area contributed by atoms with Crippen LogP contribution in [0.3, 0.4) is 0 Å². The number of rotatable bonds is 10. The number of nitrogens with one attached hydrogen (secondary N) is 1. The Morgan fingerprint density at radius 2 is 1.40 bits per heavy atom. The molecule has 0 saturated carbocycles. The number of carbonyl (C=O) groups excluding carboxylic acids is 4. The van der Waals surface area contributed by atoms with Crippen LogP contribution in [0.5, 0.6) is 0 Å². The molecule has 3 heterocycles. The summed E-state index contributed by atoms with van der Waals surface area (Å²) in [4.78, 5) is 55.5. The zero-order chi connectivity index (χ0) is 31.3. The molecule has 4 aromatic rings. The number of amides is 2. The van der Waals surface area contributed by atoms with E-state index in [1.54, 1.807) is 0 Å². The normalized spacial score (nSPS) is 18.1. The lowest BCUT2D eigenvalue weighted by atomic mass is 9.96. The van der Waals surface area contributed by atoms with Crippen molar-refractivity contribution in [2.75, 3.05) is 5.75 Å². The molecule has 2 amide bonds. The number of carbonyl (C=O) groups is 4. The van der Waals surface area contributed by atoms with Crippen molar-refractivity contribution in [3.8, 4) is 0 Å². The van der Waals surface area contributed by atoms with Crippen molar-refractivity contribution in [2.45, 2.75) is 37.0 Å². The van der Waals surface area contributed by atoms with Gasteiger partial charge in [-0.2, -0.15) is 0 Å². The number of nitrogens with zero attached hydrogens (tertiary/aromatic N) is 1. The lowest BCUT2D eigenvalue weighted by Gasteiger charge is -2.50. The fourth-order valence-corrected chi connectivity index (χ4v) is 7.59. The Balaban J connectivity index is 1.37. The molecule has 45 heavy (non-hydrogen) atoms. The smallest absolute Gasteiger partial charge is 0.356 e. The van der Waals surface area contributed by atoms with E-state index in [0.29, 0.717) is 11.1 Å². The van der Waals surface area contributed by atoms with Gasteiger partial charge in [0.25, 0.3) is 5.91 Å². The fourth-order valence-electron chi connectivity index (χ4n) is 5.51. The van der Waals surface area contributed by atoms with Crippen LogP contribution in [0.25, 0.3) is 0 Å². The summed E-state index contributed by atoms with van der Waals surface area (Å²) in [5.74, 6) is -1.69. The average Bonchev–Trinajstić information content (AvgIpc) is 3.58. The Bertz CT molecular complexity index is 1670. The third kappa shape index (κ3) is 6.57. The zero-order valence-electron chi connectivity index (χ0n) is 24.3. The molecule has 3 atom stereocenters. The molecule has 3 aromatic carbocycles. The highest BCUT2D eigenvalue weighted by Gasteiger charge is 2.55. The number of benzene rings is 3. The summed E-state index contributed by atoms with van der Waals surface area (Å²) in [7, 11) is 0. The summed E-state index contributed by atoms with van der Waals surface area (Å²) in [6.45, 7) is 1.31. The molecule has 2 aliphatic heterocycles. The topological polar surface area (TPSA) is 102 Å². The number of hydrogen-bond acceptors (Lipinski definition) is 8. The number of hydrogen-bond donors (Lipinski definition) is 1. The third-order valence-corrected chi connectivity index (χ3v) is 9.73. The van der Waals surface area contributed by atoms with Gasteiger partial charge in [-0.1, -0.05) is 97.1 Å². The number of fused-ring (bicyclic) bond motifs is 1. The van der Waals surface area contributed by atoms with Crippen LogP contribution in [-0.4, -0.2) is 45.8 Å². The molecule has 6 rings (SSSR count). The van der Waals surface area contributed by atoms with Gasteiger partial charge >= 0.3 is 11.9 Å². The van der Waals surface area contributed by atoms with Gasteiger partial charge in [0.1, 0.15) is 17.1 Å². The van der Waals surface area contributed by atoms with Crippen LogP contribution >= 0.6 is 23.1 Å². The van der Waals surface area contributed by atoms with Crippen LogP contribution in [-0.2, 0) is 35.1 Å². The van der Waals surface area contributed by atoms with E-state index in [-0.39, 0.29) is 23.8 Å². The molecule has 10 heteroatoms. The van der Waals surface area contributed by atoms with Crippen LogP contribution < -0.4 is 5.32 Å². The highest BCUT2D eigenvalue weighted by molar-refractivity contribution is 8.00. The van der Waals surface area contributed by atoms with E-state index in [0.717, 1.165) is 16.0 Å². The average molecular weight is 639 g/mol. The monoisotopic (exact) mass is 638 g/mol. The molecule has 0 spiro atoms. The van der Waals surface area contributed by atoms with E-state index in [1.807, 2.05) is 109 Å². The summed E-state index contributed by atoms with van der Waals surface area (Å²) < 4.78 is 12.0. The van der Waals surface area contributed by atoms with Crippen LogP contribution in [0.15, 0.2) is 120 Å². The molecule has 0 bridgehead atoms. The number of thiophene rings is 1. The predicted octanol–water partition coefficient (Wildman–Crippen LogP) is 5.58. The summed E-state index contributed by atoms with van der Waals surface area (Å²) in [6, 6.07) is 30.7. The van der Waals surface area contributed by atoms with Gasteiger partial charge in [-0.25, -0.2) is 4.79 Å². The third-order valence-electron chi connectivity index (χ3n) is 7.55. The maximum Gasteiger partial charge on any atom is 0.356 e. The molecule has 0 aliphatic carbocycles. The first-order valence-electron chi connectivity index (χ1n) is 14.4. The first-order chi connectivity index (χ1) is 21.9. The van der Waals surface area contributed by atoms with Crippen LogP contribution in [0.4, 0.5) is 0 Å². The van der Waals surface area contributed by atoms with Gasteiger partial charge in [-0.05, 0) is 28.1 Å². The van der Waals surface area contributed by atoms with E-state index < -0.39 is 41.5 Å². The Hall–Kier alpha value is -4.67. The second-order valence-electron chi connectivity index (χ2n) is 10.6. The van der Waals surface area contributed by atoms with E-state index in [9.17, 15) is 19.2 Å². The molecular formula is C35H30N2O6S2. The SMILES string of the molecule is CC(=O)OC(C1=C(C(=O)OC(c2ccccc2)c2ccccc2)N2C(=O)[C@@H](NC(=O)Cc3cccs3)[C@H]2SC1)c1ccccc1. The second kappa shape index (κ2) is 13.5. The molecule has 228 valence electrons. The molecule has 8 nitrogen and oxygen atoms in total. The minimum atomic E-state index is -0.924. The van der Waals surface area contributed by atoms with Gasteiger partial charge in [0, 0.05) is 23.1 Å². The number of thioether (sulfide) groups is 1. The first-order valence-corrected chi connectivity index (χ1v) is 16.4. The Labute approximate surface area is 269 Å². The maximum atomic E-state index is 14.4. The van der Waals surface area contributed by atoms with Crippen LogP contribution in [0, 0.1) is 0 Å². The molecule has 1 fully saturated rings. The standard InChI is InChI=1S/C35H30N2O6S2/c1-22(38)42-32(25-16-9-4-10-17-25)27-21-45-34-29(36-28(39)20-26-18-11-19-44-26)33(40)37(34)30(27)35(41)43-31(23-12-5-2-6-13-23)24-14-7-3-8-15-24/h2-19,29,31-32,34H,20-21H2,1H3,(H,36,39)/t29-,32?,34-/m1/s1. The Kier molecular flexibility index (Phi) is 9.13. The minimum Gasteiger partial charge on any atom is -0.453 e. The number of esters is 2. The van der Waals surface area contributed by atoms with E-state index in [4.69, 9.17) is 9.47 Å². The minimum absolute atomic E-state index is 0.0273. The largest absolute Gasteiger partial charge is 0.453 e. The fraction of sp³-hybridized carbons (Fsp3) is 0.200. The summed E-state index contributed by atoms with van der Waals surface area (Å²) in [5, 5.41) is 4.22. The van der Waals surface area contributed by atoms with Gasteiger partial charge in [-0.3, -0.25) is 19.3 Å². The van der Waals surface area contributed by atoms with Crippen LogP contribution in [0.1, 0.15) is 40.7 Å². The van der Waals surface area contributed by atoms with E-state index in [1.165, 1.54) is 34.9 Å². The molecular weight excluding hydrogens is 609 g/mol. The van der Waals surface area contributed by atoms with E-state index in [2.05, 4.69) is 5.32 Å². The number of β-lactam (4-membered cyclic amide) rings is 1. The lowest BCUT2D eigenvalue weighted by molar-refractivity contribution is -0.155. The quantitative estimate of drug-likeness (QED) is 0.179. The lowest BCUT2D eigenvalue weighted by Crippen LogP contribution is -2.70. The van der Waals surface area contributed by atoms with Crippen molar-refractivity contribution in [3.63, 3.8) is 0 Å². The van der Waals surface area contributed by atoms with Crippen molar-refractivity contribution >= 4 is 46.9 Å². The first kappa shape index (κ1) is 30.4. The van der Waals surface area contributed by atoms with Gasteiger partial charge < -0.3 is 14.8 Å². The number of ether oxygens (including phenoxy) is 2. The van der Waals surface area contributed by atoms with Gasteiger partial charge in [0.05, 0.1) is 6.42 Å². The highest BCUT2D eigenvalue weighted by atomic mass is 32.2. The van der Waals surface area contributed by atoms with Crippen molar-refractivity contribution in [1.29, 1.82) is 0 Å². The van der Waals surface area contributed by atoms with Crippen LogP contribution in [0.2, 0.25) is 0 Å². The maximum absolute atomic E-state index is 14.4. The highest BCUT2D eigenvalue weighted by Crippen LogP contribution is 2.45. The summed E-state index contributed by atoms with van der Waals surface area (Å²) in [5.41, 5.74) is 2.64. The van der Waals surface area contributed by atoms with Crippen molar-refractivity contribution in [3.05, 3.63) is 141 Å². The van der Waals surface area contributed by atoms with Crippen molar-refractivity contribution in [1.82, 2.24) is 10.2 Å². The summed E-state index contributed by atoms with van der Waals surface area (Å²) in [6.07, 6.45) is -1.53. The molecule has 1 N–H and O–H groups in total. The van der Waals surface area contributed by atoms with Crippen molar-refractivity contribution in [2.24, 2.45) is 0 Å².